The summed E-state index contributed by atoms with van der Waals surface area (Å²) < 4.78 is 10.5. The molecular weight excluding hydrogens is 244 g/mol. The summed E-state index contributed by atoms with van der Waals surface area (Å²) in [6, 6.07) is 0. The third kappa shape index (κ3) is 6.60. The fourth-order valence-electron chi connectivity index (χ4n) is 1.39. The quantitative estimate of drug-likeness (QED) is 0.696. The zero-order valence-corrected chi connectivity index (χ0v) is 13.3. The molecule has 0 saturated carbocycles. The minimum absolute atomic E-state index is 0.322. The molecule has 0 bridgehead atoms. The molecule has 4 nitrogen and oxygen atoms in total. The van der Waals surface area contributed by atoms with E-state index in [2.05, 4.69) is 6.92 Å². The highest BCUT2D eigenvalue weighted by atomic mass is 16.6. The van der Waals surface area contributed by atoms with E-state index in [1.165, 1.54) is 0 Å². The lowest BCUT2D eigenvalue weighted by atomic mass is 9.96. The van der Waals surface area contributed by atoms with Gasteiger partial charge in [0.05, 0.1) is 12.0 Å². The first-order valence-electron chi connectivity index (χ1n) is 6.91. The van der Waals surface area contributed by atoms with E-state index in [-0.39, 0.29) is 0 Å². The Balaban J connectivity index is 4.40. The van der Waals surface area contributed by atoms with E-state index in [0.717, 1.165) is 12.8 Å². The first kappa shape index (κ1) is 17.9. The minimum Gasteiger partial charge on any atom is -0.462 e. The van der Waals surface area contributed by atoms with E-state index in [4.69, 9.17) is 9.47 Å². The van der Waals surface area contributed by atoms with Gasteiger partial charge in [-0.3, -0.25) is 4.79 Å². The fraction of sp³-hybridized carbons (Fsp3) is 0.867. The van der Waals surface area contributed by atoms with Crippen LogP contribution in [0.4, 0.5) is 0 Å². The van der Waals surface area contributed by atoms with Crippen LogP contribution >= 0.6 is 0 Å². The van der Waals surface area contributed by atoms with E-state index in [0.29, 0.717) is 12.5 Å². The van der Waals surface area contributed by atoms with Gasteiger partial charge in [-0.05, 0) is 47.0 Å². The number of carbonyl (C=O) groups is 2. The van der Waals surface area contributed by atoms with Gasteiger partial charge in [0.1, 0.15) is 0 Å². The fourth-order valence-corrected chi connectivity index (χ4v) is 1.39. The predicted octanol–water partition coefficient (Wildman–Crippen LogP) is 3.33. The van der Waals surface area contributed by atoms with Crippen LogP contribution in [0.2, 0.25) is 0 Å². The zero-order valence-electron chi connectivity index (χ0n) is 13.3. The summed E-state index contributed by atoms with van der Waals surface area (Å²) in [6.45, 7) is 12.9. The van der Waals surface area contributed by atoms with Crippen LogP contribution in [0.15, 0.2) is 0 Å². The first-order valence-corrected chi connectivity index (χ1v) is 6.91. The number of carbonyl (C=O) groups excluding carboxylic acids is 2. The van der Waals surface area contributed by atoms with Gasteiger partial charge in [-0.2, -0.15) is 0 Å². The molecule has 0 N–H and O–H groups in total. The van der Waals surface area contributed by atoms with Crippen molar-refractivity contribution in [1.29, 1.82) is 0 Å². The van der Waals surface area contributed by atoms with Gasteiger partial charge in [0.25, 0.3) is 0 Å². The lowest BCUT2D eigenvalue weighted by Gasteiger charge is -2.27. The summed E-state index contributed by atoms with van der Waals surface area (Å²) in [4.78, 5) is 23.7. The number of ether oxygens (including phenoxy) is 2. The molecule has 1 unspecified atom stereocenters. The molecule has 0 aliphatic heterocycles. The van der Waals surface area contributed by atoms with Crippen molar-refractivity contribution >= 4 is 11.9 Å². The average molecular weight is 272 g/mol. The van der Waals surface area contributed by atoms with Crippen LogP contribution in [0.25, 0.3) is 0 Å². The van der Waals surface area contributed by atoms with Crippen molar-refractivity contribution in [3.63, 3.8) is 0 Å². The smallest absolute Gasteiger partial charge is 0.350 e. The molecule has 0 rings (SSSR count). The normalized spacial score (nSPS) is 13.8. The van der Waals surface area contributed by atoms with Crippen LogP contribution < -0.4 is 0 Å². The van der Waals surface area contributed by atoms with Crippen LogP contribution in [0.3, 0.4) is 0 Å². The lowest BCUT2D eigenvalue weighted by Crippen LogP contribution is -2.42. The van der Waals surface area contributed by atoms with Crippen molar-refractivity contribution in [2.45, 2.75) is 66.9 Å². The molecule has 0 aromatic rings. The molecule has 0 spiro atoms. The third-order valence-electron chi connectivity index (χ3n) is 2.73. The summed E-state index contributed by atoms with van der Waals surface area (Å²) in [7, 11) is 0. The maximum atomic E-state index is 11.9. The van der Waals surface area contributed by atoms with E-state index in [9.17, 15) is 9.59 Å². The maximum absolute atomic E-state index is 11.9. The first-order chi connectivity index (χ1) is 8.50. The van der Waals surface area contributed by atoms with Crippen molar-refractivity contribution in [2.75, 3.05) is 6.61 Å². The molecule has 0 saturated heterocycles. The Morgan fingerprint density at radius 1 is 1.05 bits per heavy atom. The van der Waals surface area contributed by atoms with Gasteiger partial charge in [0.15, 0.2) is 0 Å². The molecule has 1 atom stereocenters. The Hall–Kier alpha value is -1.06. The Morgan fingerprint density at radius 2 is 1.58 bits per heavy atom. The molecule has 0 aromatic carbocycles. The molecule has 0 aliphatic carbocycles. The van der Waals surface area contributed by atoms with E-state index in [1.54, 1.807) is 34.6 Å². The van der Waals surface area contributed by atoms with Gasteiger partial charge < -0.3 is 9.47 Å². The van der Waals surface area contributed by atoms with Gasteiger partial charge in [-0.1, -0.05) is 20.3 Å². The molecule has 19 heavy (non-hydrogen) atoms. The summed E-state index contributed by atoms with van der Waals surface area (Å²) in [6.07, 6.45) is 2.07. The van der Waals surface area contributed by atoms with Crippen LogP contribution in [-0.2, 0) is 19.1 Å². The van der Waals surface area contributed by atoms with Crippen LogP contribution in [0, 0.1) is 11.3 Å². The second kappa shape index (κ2) is 6.92. The number of esters is 2. The molecular formula is C15H28O4. The van der Waals surface area contributed by atoms with Gasteiger partial charge >= 0.3 is 11.9 Å². The Bertz CT molecular complexity index is 313. The van der Waals surface area contributed by atoms with Crippen molar-refractivity contribution in [3.8, 4) is 0 Å². The Morgan fingerprint density at radius 3 is 2.00 bits per heavy atom. The summed E-state index contributed by atoms with van der Waals surface area (Å²) in [5, 5.41) is 0. The van der Waals surface area contributed by atoms with Crippen molar-refractivity contribution in [2.24, 2.45) is 11.3 Å². The third-order valence-corrected chi connectivity index (χ3v) is 2.73. The Labute approximate surface area is 116 Å². The molecule has 4 heteroatoms. The van der Waals surface area contributed by atoms with Gasteiger partial charge in [0.2, 0.25) is 5.60 Å². The molecule has 0 aromatic heterocycles. The second-order valence-electron chi connectivity index (χ2n) is 6.64. The van der Waals surface area contributed by atoms with Crippen LogP contribution in [-0.4, -0.2) is 24.1 Å². The highest BCUT2D eigenvalue weighted by molar-refractivity contribution is 5.84. The second-order valence-corrected chi connectivity index (χ2v) is 6.64. The largest absolute Gasteiger partial charge is 0.462 e. The van der Waals surface area contributed by atoms with Gasteiger partial charge in [-0.25, -0.2) is 4.79 Å². The summed E-state index contributed by atoms with van der Waals surface area (Å²) >= 11 is 0. The lowest BCUT2D eigenvalue weighted by molar-refractivity contribution is -0.184. The summed E-state index contributed by atoms with van der Waals surface area (Å²) in [5.74, 6) is -0.577. The highest BCUT2D eigenvalue weighted by Gasteiger charge is 2.37. The minimum atomic E-state index is -1.24. The predicted molar refractivity (Wildman–Crippen MR) is 74.7 cm³/mol. The van der Waals surface area contributed by atoms with Gasteiger partial charge in [-0.15, -0.1) is 0 Å². The van der Waals surface area contributed by atoms with E-state index in [1.807, 2.05) is 6.92 Å². The van der Waals surface area contributed by atoms with Crippen LogP contribution in [0.1, 0.15) is 61.3 Å². The SMILES string of the molecule is CCCC(C)COC(=O)C(C)(C)OC(=O)C(C)(C)C. The number of hydrogen-bond acceptors (Lipinski definition) is 4. The van der Waals surface area contributed by atoms with Crippen LogP contribution in [0.5, 0.6) is 0 Å². The average Bonchev–Trinajstić information content (AvgIpc) is 2.24. The molecule has 0 amide bonds. The molecule has 112 valence electrons. The highest BCUT2D eigenvalue weighted by Crippen LogP contribution is 2.22. The van der Waals surface area contributed by atoms with Crippen molar-refractivity contribution in [3.05, 3.63) is 0 Å². The number of hydrogen-bond donors (Lipinski definition) is 0. The molecule has 0 radical (unpaired) electrons. The van der Waals surface area contributed by atoms with E-state index < -0.39 is 23.0 Å². The molecule has 0 heterocycles. The topological polar surface area (TPSA) is 52.6 Å². The number of rotatable bonds is 6. The van der Waals surface area contributed by atoms with Crippen molar-refractivity contribution < 1.29 is 19.1 Å². The van der Waals surface area contributed by atoms with Gasteiger partial charge in [0, 0.05) is 0 Å². The zero-order chi connectivity index (χ0) is 15.3. The molecule has 0 aliphatic rings. The van der Waals surface area contributed by atoms with Crippen molar-refractivity contribution in [1.82, 2.24) is 0 Å². The standard InChI is InChI=1S/C15H28O4/c1-8-9-11(2)10-18-13(17)15(6,7)19-12(16)14(3,4)5/h11H,8-10H2,1-7H3. The maximum Gasteiger partial charge on any atom is 0.350 e. The molecule has 0 fully saturated rings. The van der Waals surface area contributed by atoms with E-state index >= 15 is 0 Å². The monoisotopic (exact) mass is 272 g/mol. The Kier molecular flexibility index (Phi) is 6.53. The summed E-state index contributed by atoms with van der Waals surface area (Å²) in [5.41, 5.74) is -1.87.